The van der Waals surface area contributed by atoms with Crippen molar-refractivity contribution in [2.24, 2.45) is 14.1 Å². The topological polar surface area (TPSA) is 137 Å². The Kier molecular flexibility index (Phi) is 8.84. The quantitative estimate of drug-likeness (QED) is 0.276. The number of carbonyl (C=O) groups excluding carboxylic acids is 1. The Labute approximate surface area is 270 Å². The van der Waals surface area contributed by atoms with Crippen LogP contribution in [0.5, 0.6) is 5.88 Å². The number of methoxy groups -OCH3 is 1. The van der Waals surface area contributed by atoms with Gasteiger partial charge in [0.05, 0.1) is 30.0 Å². The average Bonchev–Trinajstić information content (AvgIpc) is 3.37. The number of rotatable bonds is 7. The number of ether oxygens (including phenoxy) is 2. The third kappa shape index (κ3) is 5.75. The fraction of sp³-hybridized carbons (Fsp3) is 0.353. The van der Waals surface area contributed by atoms with Gasteiger partial charge in [0.1, 0.15) is 5.56 Å². The highest BCUT2D eigenvalue weighted by atomic mass is 35.5. The van der Waals surface area contributed by atoms with Crippen LogP contribution < -0.4 is 26.6 Å². The number of nitrogens with zero attached hydrogens (tertiary/aromatic N) is 3. The first-order chi connectivity index (χ1) is 22.1. The van der Waals surface area contributed by atoms with Crippen LogP contribution in [0.1, 0.15) is 45.9 Å². The summed E-state index contributed by atoms with van der Waals surface area (Å²) in [6.07, 6.45) is 2.83. The molecule has 3 heterocycles. The van der Waals surface area contributed by atoms with E-state index in [0.717, 1.165) is 45.2 Å². The zero-order valence-electron chi connectivity index (χ0n) is 26.1. The predicted molar refractivity (Wildman–Crippen MR) is 176 cm³/mol. The van der Waals surface area contributed by atoms with Crippen LogP contribution in [0.2, 0.25) is 5.02 Å². The summed E-state index contributed by atoms with van der Waals surface area (Å²) in [4.78, 5) is 42.7. The van der Waals surface area contributed by atoms with E-state index in [9.17, 15) is 19.5 Å². The molecule has 1 saturated heterocycles. The number of nitrogens with one attached hydrogen (secondary N) is 2. The summed E-state index contributed by atoms with van der Waals surface area (Å²) < 4.78 is 13.4. The number of benzene rings is 2. The van der Waals surface area contributed by atoms with Crippen LogP contribution in [0, 0.1) is 6.92 Å². The van der Waals surface area contributed by atoms with Gasteiger partial charge < -0.3 is 29.8 Å². The molecule has 0 radical (unpaired) electrons. The molecule has 0 unspecified atom stereocenters. The van der Waals surface area contributed by atoms with Crippen molar-refractivity contribution in [3.05, 3.63) is 96.8 Å². The average molecular weight is 646 g/mol. The number of pyridine rings is 1. The lowest BCUT2D eigenvalue weighted by Gasteiger charge is -2.29. The molecular weight excluding hydrogens is 610 g/mol. The molecule has 1 aliphatic carbocycles. The SMILES string of the molecule is COc1nc(-c2cccc(-c3cccc(NC(=O)c4cn(C)c(=O)n(C)c4=O)c3C)c2Cl)cc2c1[C@@H](NC1CCOCC1)[C@H](O)C2. The van der Waals surface area contributed by atoms with Gasteiger partial charge >= 0.3 is 5.69 Å². The van der Waals surface area contributed by atoms with Crippen molar-refractivity contribution in [3.63, 3.8) is 0 Å². The summed E-state index contributed by atoms with van der Waals surface area (Å²) in [5.41, 5.74) is 4.52. The van der Waals surface area contributed by atoms with Gasteiger partial charge in [0.25, 0.3) is 11.5 Å². The first kappa shape index (κ1) is 31.7. The zero-order valence-corrected chi connectivity index (χ0v) is 26.9. The van der Waals surface area contributed by atoms with Crippen LogP contribution in [0.25, 0.3) is 22.4 Å². The van der Waals surface area contributed by atoms with Gasteiger partial charge in [-0.15, -0.1) is 0 Å². The third-order valence-corrected chi connectivity index (χ3v) is 9.31. The number of hydrogen-bond acceptors (Lipinski definition) is 8. The van der Waals surface area contributed by atoms with Gasteiger partial charge in [0.15, 0.2) is 0 Å². The minimum absolute atomic E-state index is 0.152. The van der Waals surface area contributed by atoms with Gasteiger partial charge in [-0.2, -0.15) is 0 Å². The molecule has 4 aromatic rings. The van der Waals surface area contributed by atoms with Gasteiger partial charge in [-0.3, -0.25) is 14.2 Å². The van der Waals surface area contributed by atoms with Crippen molar-refractivity contribution in [3.8, 4) is 28.3 Å². The van der Waals surface area contributed by atoms with E-state index in [2.05, 4.69) is 10.6 Å². The molecule has 11 nitrogen and oxygen atoms in total. The first-order valence-electron chi connectivity index (χ1n) is 15.2. The molecule has 1 fully saturated rings. The maximum Gasteiger partial charge on any atom is 0.330 e. The second kappa shape index (κ2) is 12.8. The van der Waals surface area contributed by atoms with Crippen molar-refractivity contribution in [1.29, 1.82) is 0 Å². The summed E-state index contributed by atoms with van der Waals surface area (Å²) in [7, 11) is 4.39. The second-order valence-corrected chi connectivity index (χ2v) is 12.2. The minimum atomic E-state index is -0.680. The maximum atomic E-state index is 13.2. The molecule has 2 atom stereocenters. The number of anilines is 1. The fourth-order valence-electron chi connectivity index (χ4n) is 6.38. The highest BCUT2D eigenvalue weighted by Gasteiger charge is 2.37. The van der Waals surface area contributed by atoms with Gasteiger partial charge in [-0.1, -0.05) is 41.9 Å². The lowest BCUT2D eigenvalue weighted by atomic mass is 9.96. The number of halogens is 1. The van der Waals surface area contributed by atoms with Crippen molar-refractivity contribution >= 4 is 23.2 Å². The summed E-state index contributed by atoms with van der Waals surface area (Å²) in [5.74, 6) is -0.182. The van der Waals surface area contributed by atoms with E-state index >= 15 is 0 Å². The Morgan fingerprint density at radius 3 is 2.52 bits per heavy atom. The number of amides is 1. The van der Waals surface area contributed by atoms with E-state index in [1.165, 1.54) is 24.9 Å². The fourth-order valence-corrected chi connectivity index (χ4v) is 6.70. The van der Waals surface area contributed by atoms with Crippen LogP contribution in [-0.2, 0) is 25.3 Å². The standard InChI is InChI=1S/C34H36ClN5O6/c1-18-21(7-6-10-25(18)37-31(42)24-17-39(2)34(44)40(3)33(24)43)22-8-5-9-23(29(22)35)26-15-19-16-27(41)30(28(19)32(38-26)45-4)36-20-11-13-46-14-12-20/h5-10,15,17,20,27,30,36,41H,11-14,16H2,1-4H3,(H,37,42)/t27-,30+/m1/s1. The molecular formula is C34H36ClN5O6. The molecule has 0 spiro atoms. The largest absolute Gasteiger partial charge is 0.481 e. The Morgan fingerprint density at radius 1 is 1.09 bits per heavy atom. The Morgan fingerprint density at radius 2 is 1.78 bits per heavy atom. The Bertz CT molecular complexity index is 1950. The summed E-state index contributed by atoms with van der Waals surface area (Å²) in [5, 5.41) is 17.9. The van der Waals surface area contributed by atoms with Gasteiger partial charge in [-0.25, -0.2) is 9.78 Å². The Balaban J connectivity index is 1.33. The molecule has 1 aliphatic heterocycles. The third-order valence-electron chi connectivity index (χ3n) is 8.90. The molecule has 2 aliphatic rings. The summed E-state index contributed by atoms with van der Waals surface area (Å²) in [6.45, 7) is 3.25. The molecule has 46 heavy (non-hydrogen) atoms. The molecule has 6 rings (SSSR count). The van der Waals surface area contributed by atoms with Gasteiger partial charge in [0, 0.05) is 68.3 Å². The van der Waals surface area contributed by atoms with Crippen molar-refractivity contribution in [2.45, 2.75) is 44.4 Å². The number of fused-ring (bicyclic) bond motifs is 1. The summed E-state index contributed by atoms with van der Waals surface area (Å²) >= 11 is 7.09. The van der Waals surface area contributed by atoms with Crippen molar-refractivity contribution in [1.82, 2.24) is 19.4 Å². The molecule has 2 aromatic carbocycles. The Hall–Kier alpha value is -4.29. The normalized spacial score (nSPS) is 18.0. The van der Waals surface area contributed by atoms with Crippen LogP contribution in [0.4, 0.5) is 5.69 Å². The van der Waals surface area contributed by atoms with Gasteiger partial charge in [0.2, 0.25) is 5.88 Å². The molecule has 1 amide bonds. The van der Waals surface area contributed by atoms with Crippen LogP contribution in [-0.4, -0.2) is 57.6 Å². The van der Waals surface area contributed by atoms with E-state index in [1.54, 1.807) is 19.2 Å². The van der Waals surface area contributed by atoms with E-state index in [0.29, 0.717) is 47.5 Å². The van der Waals surface area contributed by atoms with Crippen molar-refractivity contribution < 1.29 is 19.4 Å². The van der Waals surface area contributed by atoms with E-state index in [1.807, 2.05) is 37.3 Å². The van der Waals surface area contributed by atoms with E-state index < -0.39 is 23.3 Å². The minimum Gasteiger partial charge on any atom is -0.481 e. The first-order valence-corrected chi connectivity index (χ1v) is 15.5. The number of aliphatic hydroxyl groups is 1. The highest BCUT2D eigenvalue weighted by molar-refractivity contribution is 6.36. The highest BCUT2D eigenvalue weighted by Crippen LogP contribution is 2.43. The predicted octanol–water partition coefficient (Wildman–Crippen LogP) is 3.76. The van der Waals surface area contributed by atoms with Crippen LogP contribution in [0.15, 0.2) is 58.3 Å². The zero-order chi connectivity index (χ0) is 32.7. The molecule has 12 heteroatoms. The van der Waals surface area contributed by atoms with E-state index in [-0.39, 0.29) is 17.6 Å². The molecule has 2 aromatic heterocycles. The molecule has 0 bridgehead atoms. The molecule has 240 valence electrons. The monoisotopic (exact) mass is 645 g/mol. The number of carbonyl (C=O) groups is 1. The lowest BCUT2D eigenvalue weighted by molar-refractivity contribution is 0.0632. The maximum absolute atomic E-state index is 13.2. The van der Waals surface area contributed by atoms with E-state index in [4.69, 9.17) is 26.1 Å². The number of aromatic nitrogens is 3. The van der Waals surface area contributed by atoms with Crippen LogP contribution >= 0.6 is 11.6 Å². The number of aryl methyl sites for hydroxylation is 1. The number of hydrogen-bond donors (Lipinski definition) is 3. The smallest absolute Gasteiger partial charge is 0.330 e. The lowest BCUT2D eigenvalue weighted by Crippen LogP contribution is -2.40. The second-order valence-electron chi connectivity index (χ2n) is 11.8. The van der Waals surface area contributed by atoms with Crippen molar-refractivity contribution in [2.75, 3.05) is 25.6 Å². The summed E-state index contributed by atoms with van der Waals surface area (Å²) in [6, 6.07) is 13.0. The van der Waals surface area contributed by atoms with Gasteiger partial charge in [-0.05, 0) is 48.6 Å². The molecule has 3 N–H and O–H groups in total. The molecule has 0 saturated carbocycles. The van der Waals surface area contributed by atoms with Crippen LogP contribution in [0.3, 0.4) is 0 Å². The number of aliphatic hydroxyl groups excluding tert-OH is 1.